The lowest BCUT2D eigenvalue weighted by Gasteiger charge is -2.21. The Labute approximate surface area is 134 Å². The molecule has 0 radical (unpaired) electrons. The summed E-state index contributed by atoms with van der Waals surface area (Å²) in [5, 5.41) is 0.0943. The van der Waals surface area contributed by atoms with Gasteiger partial charge in [0.05, 0.1) is 5.02 Å². The van der Waals surface area contributed by atoms with Crippen LogP contribution in [0.4, 0.5) is 4.39 Å². The fourth-order valence-corrected chi connectivity index (χ4v) is 4.28. The second-order valence-electron chi connectivity index (χ2n) is 4.75. The van der Waals surface area contributed by atoms with E-state index in [0.717, 1.165) is 5.75 Å². The largest absolute Gasteiger partial charge is 0.323 e. The number of hydrogen-bond acceptors (Lipinski definition) is 2. The molecule has 2 unspecified atom stereocenters. The van der Waals surface area contributed by atoms with Crippen molar-refractivity contribution in [2.24, 2.45) is 5.73 Å². The molecule has 0 bridgehead atoms. The maximum absolute atomic E-state index is 14.3. The Kier molecular flexibility index (Phi) is 4.09. The molecule has 0 saturated carbocycles. The van der Waals surface area contributed by atoms with Gasteiger partial charge in [0, 0.05) is 32.6 Å². The third kappa shape index (κ3) is 2.39. The summed E-state index contributed by atoms with van der Waals surface area (Å²) in [6.45, 7) is 0. The summed E-state index contributed by atoms with van der Waals surface area (Å²) in [7, 11) is 0. The fourth-order valence-electron chi connectivity index (χ4n) is 2.50. The molecule has 3 rings (SSSR count). The van der Waals surface area contributed by atoms with Crippen LogP contribution in [0.3, 0.4) is 0 Å². The Bertz CT molecular complexity index is 664. The third-order valence-electron chi connectivity index (χ3n) is 3.59. The molecule has 1 nitrogen and oxygen atoms in total. The normalized spacial score (nSPS) is 18.9. The topological polar surface area (TPSA) is 26.0 Å². The molecule has 2 N–H and O–H groups in total. The zero-order valence-electron chi connectivity index (χ0n) is 10.4. The summed E-state index contributed by atoms with van der Waals surface area (Å²) >= 11 is 10.9. The number of fused-ring (bicyclic) bond motifs is 1. The van der Waals surface area contributed by atoms with E-state index in [9.17, 15) is 4.39 Å². The smallest absolute Gasteiger partial charge is 0.147 e. The average molecular weight is 373 g/mol. The first-order valence-corrected chi connectivity index (χ1v) is 8.36. The minimum atomic E-state index is -0.428. The Balaban J connectivity index is 1.99. The van der Waals surface area contributed by atoms with Gasteiger partial charge < -0.3 is 5.73 Å². The first kappa shape index (κ1) is 14.4. The van der Waals surface area contributed by atoms with Crippen molar-refractivity contribution in [3.8, 4) is 0 Å². The molecule has 2 aromatic carbocycles. The average Bonchev–Trinajstić information content (AvgIpc) is 2.88. The lowest BCUT2D eigenvalue weighted by Crippen LogP contribution is -2.21. The van der Waals surface area contributed by atoms with Crippen molar-refractivity contribution in [1.29, 1.82) is 0 Å². The van der Waals surface area contributed by atoms with E-state index in [1.54, 1.807) is 23.9 Å². The zero-order chi connectivity index (χ0) is 14.3. The van der Waals surface area contributed by atoms with E-state index in [2.05, 4.69) is 28.1 Å². The van der Waals surface area contributed by atoms with Crippen LogP contribution >= 0.6 is 39.3 Å². The number of thioether (sulfide) groups is 1. The van der Waals surface area contributed by atoms with Crippen LogP contribution in [0.25, 0.3) is 0 Å². The molecule has 0 saturated heterocycles. The van der Waals surface area contributed by atoms with Crippen molar-refractivity contribution < 1.29 is 4.39 Å². The Hall–Kier alpha value is -0.550. The SMILES string of the molecule is NC(c1ccc(Br)c(Cl)c1F)C1CSc2ccccc21. The predicted molar refractivity (Wildman–Crippen MR) is 85.9 cm³/mol. The lowest BCUT2D eigenvalue weighted by molar-refractivity contribution is 0.544. The first-order chi connectivity index (χ1) is 9.59. The monoisotopic (exact) mass is 371 g/mol. The van der Waals surface area contributed by atoms with Crippen LogP contribution < -0.4 is 5.73 Å². The van der Waals surface area contributed by atoms with E-state index in [1.807, 2.05) is 12.1 Å². The van der Waals surface area contributed by atoms with Crippen molar-refractivity contribution in [1.82, 2.24) is 0 Å². The van der Waals surface area contributed by atoms with Crippen LogP contribution in [0.1, 0.15) is 23.1 Å². The molecule has 1 aliphatic rings. The highest BCUT2D eigenvalue weighted by Crippen LogP contribution is 2.45. The summed E-state index contributed by atoms with van der Waals surface area (Å²) in [6.07, 6.45) is 0. The third-order valence-corrected chi connectivity index (χ3v) is 6.06. The van der Waals surface area contributed by atoms with Crippen molar-refractivity contribution in [3.63, 3.8) is 0 Å². The highest BCUT2D eigenvalue weighted by atomic mass is 79.9. The molecule has 0 aliphatic carbocycles. The van der Waals surface area contributed by atoms with Crippen LogP contribution in [-0.4, -0.2) is 5.75 Å². The Morgan fingerprint density at radius 2 is 2.05 bits per heavy atom. The van der Waals surface area contributed by atoms with Crippen molar-refractivity contribution in [2.45, 2.75) is 16.9 Å². The second kappa shape index (κ2) is 5.68. The zero-order valence-corrected chi connectivity index (χ0v) is 13.6. The van der Waals surface area contributed by atoms with Crippen LogP contribution in [0, 0.1) is 5.82 Å². The van der Waals surface area contributed by atoms with Gasteiger partial charge in [-0.3, -0.25) is 0 Å². The van der Waals surface area contributed by atoms with E-state index in [1.165, 1.54) is 10.5 Å². The molecule has 0 spiro atoms. The van der Waals surface area contributed by atoms with Crippen LogP contribution in [-0.2, 0) is 0 Å². The first-order valence-electron chi connectivity index (χ1n) is 6.20. The molecule has 0 amide bonds. The number of hydrogen-bond donors (Lipinski definition) is 1. The number of benzene rings is 2. The molecule has 1 heterocycles. The molecular weight excluding hydrogens is 361 g/mol. The maximum atomic E-state index is 14.3. The molecule has 20 heavy (non-hydrogen) atoms. The van der Waals surface area contributed by atoms with Crippen LogP contribution in [0.2, 0.25) is 5.02 Å². The van der Waals surface area contributed by atoms with Gasteiger partial charge in [-0.2, -0.15) is 0 Å². The Morgan fingerprint density at radius 3 is 2.85 bits per heavy atom. The lowest BCUT2D eigenvalue weighted by atomic mass is 9.89. The van der Waals surface area contributed by atoms with Crippen molar-refractivity contribution in [3.05, 3.63) is 62.8 Å². The van der Waals surface area contributed by atoms with Crippen molar-refractivity contribution >= 4 is 39.3 Å². The molecule has 104 valence electrons. The van der Waals surface area contributed by atoms with E-state index in [4.69, 9.17) is 17.3 Å². The molecule has 5 heteroatoms. The maximum Gasteiger partial charge on any atom is 0.147 e. The summed E-state index contributed by atoms with van der Waals surface area (Å²) in [4.78, 5) is 1.23. The van der Waals surface area contributed by atoms with Crippen molar-refractivity contribution in [2.75, 3.05) is 5.75 Å². The number of halogens is 3. The van der Waals surface area contributed by atoms with Gasteiger partial charge >= 0.3 is 0 Å². The van der Waals surface area contributed by atoms with E-state index >= 15 is 0 Å². The van der Waals surface area contributed by atoms with Gasteiger partial charge in [0.25, 0.3) is 0 Å². The fraction of sp³-hybridized carbons (Fsp3) is 0.200. The highest BCUT2D eigenvalue weighted by molar-refractivity contribution is 9.10. The van der Waals surface area contributed by atoms with E-state index in [-0.39, 0.29) is 10.9 Å². The van der Waals surface area contributed by atoms with Gasteiger partial charge in [0.1, 0.15) is 5.82 Å². The number of rotatable bonds is 2. The standard InChI is InChI=1S/C15H12BrClFNS/c16-11-6-5-9(14(18)13(11)17)15(19)10-7-20-12-4-2-1-3-8(10)12/h1-6,10,15H,7,19H2. The minimum absolute atomic E-state index is 0.0943. The summed E-state index contributed by atoms with van der Waals surface area (Å²) < 4.78 is 14.8. The molecule has 2 aromatic rings. The summed E-state index contributed by atoms with van der Waals surface area (Å²) in [5.41, 5.74) is 7.98. The Morgan fingerprint density at radius 1 is 1.30 bits per heavy atom. The van der Waals surface area contributed by atoms with Gasteiger partial charge in [-0.1, -0.05) is 35.9 Å². The van der Waals surface area contributed by atoms with E-state index in [0.29, 0.717) is 10.0 Å². The quantitative estimate of drug-likeness (QED) is 0.739. The molecule has 0 fully saturated rings. The van der Waals surface area contributed by atoms with Gasteiger partial charge in [0.2, 0.25) is 0 Å². The van der Waals surface area contributed by atoms with Gasteiger partial charge in [0.15, 0.2) is 0 Å². The summed E-state index contributed by atoms with van der Waals surface area (Å²) in [6, 6.07) is 11.2. The minimum Gasteiger partial charge on any atom is -0.323 e. The van der Waals surface area contributed by atoms with Crippen LogP contribution in [0.5, 0.6) is 0 Å². The number of nitrogens with two attached hydrogens (primary N) is 1. The van der Waals surface area contributed by atoms with Gasteiger partial charge in [-0.25, -0.2) is 4.39 Å². The van der Waals surface area contributed by atoms with E-state index < -0.39 is 11.9 Å². The summed E-state index contributed by atoms with van der Waals surface area (Å²) in [5.74, 6) is 0.555. The van der Waals surface area contributed by atoms with Crippen LogP contribution in [0.15, 0.2) is 45.8 Å². The molecule has 2 atom stereocenters. The molecule has 1 aliphatic heterocycles. The van der Waals surface area contributed by atoms with Gasteiger partial charge in [-0.05, 0) is 33.6 Å². The molecule has 0 aromatic heterocycles. The highest BCUT2D eigenvalue weighted by Gasteiger charge is 2.31. The molecular formula is C15H12BrClFNS. The van der Waals surface area contributed by atoms with Gasteiger partial charge in [-0.15, -0.1) is 11.8 Å². The second-order valence-corrected chi connectivity index (χ2v) is 7.04. The predicted octanol–water partition coefficient (Wildman–Crippen LogP) is 5.13.